The van der Waals surface area contributed by atoms with Gasteiger partial charge in [-0.3, -0.25) is 9.69 Å². The smallest absolute Gasteiger partial charge is 0.238 e. The molecule has 0 aliphatic carbocycles. The van der Waals surface area contributed by atoms with Gasteiger partial charge in [-0.25, -0.2) is 4.98 Å². The lowest BCUT2D eigenvalue weighted by Gasteiger charge is -2.32. The molecule has 0 radical (unpaired) electrons. The normalized spacial score (nSPS) is 14.2. The number of carbonyl (C=O) groups is 1. The van der Waals surface area contributed by atoms with Gasteiger partial charge >= 0.3 is 0 Å². The maximum Gasteiger partial charge on any atom is 0.238 e. The molecule has 0 atom stereocenters. The second-order valence-corrected chi connectivity index (χ2v) is 9.93. The van der Waals surface area contributed by atoms with E-state index >= 15 is 0 Å². The molecule has 0 spiro atoms. The van der Waals surface area contributed by atoms with Crippen molar-refractivity contribution in [2.75, 3.05) is 23.7 Å². The molecule has 1 amide bonds. The van der Waals surface area contributed by atoms with Crippen LogP contribution in [0.2, 0.25) is 0 Å². The Bertz CT molecular complexity index is 1260. The summed E-state index contributed by atoms with van der Waals surface area (Å²) in [6, 6.07) is 14.1. The van der Waals surface area contributed by atoms with Crippen molar-refractivity contribution in [1.29, 1.82) is 5.26 Å². The summed E-state index contributed by atoms with van der Waals surface area (Å²) in [7, 11) is 0. The fourth-order valence-electron chi connectivity index (χ4n) is 4.34. The first-order valence-corrected chi connectivity index (χ1v) is 12.7. The lowest BCUT2D eigenvalue weighted by atomic mass is 10.0. The fourth-order valence-corrected chi connectivity index (χ4v) is 4.61. The highest BCUT2D eigenvalue weighted by Gasteiger charge is 2.21. The number of likely N-dealkylation sites (tertiary alicyclic amines) is 1. The number of ether oxygens (including phenoxy) is 1. The molecule has 2 aromatic carbocycles. The molecule has 1 aromatic heterocycles. The number of hydrogen-bond donors (Lipinski definition) is 2. The number of halogens is 1. The van der Waals surface area contributed by atoms with Crippen molar-refractivity contribution in [3.63, 3.8) is 0 Å². The predicted molar refractivity (Wildman–Crippen MR) is 143 cm³/mol. The molecule has 8 nitrogen and oxygen atoms in total. The van der Waals surface area contributed by atoms with Crippen molar-refractivity contribution >= 4 is 33.5 Å². The lowest BCUT2D eigenvalue weighted by Crippen LogP contribution is -2.39. The first-order valence-electron chi connectivity index (χ1n) is 11.9. The lowest BCUT2D eigenvalue weighted by molar-refractivity contribution is -0.114. The summed E-state index contributed by atoms with van der Waals surface area (Å²) in [5, 5.41) is 15.4. The summed E-state index contributed by atoms with van der Waals surface area (Å²) >= 11 is 3.49. The van der Waals surface area contributed by atoms with Gasteiger partial charge in [0, 0.05) is 38.3 Å². The molecule has 1 fully saturated rings. The third-order valence-electron chi connectivity index (χ3n) is 6.10. The van der Waals surface area contributed by atoms with Crippen LogP contribution in [0.1, 0.15) is 42.0 Å². The van der Waals surface area contributed by atoms with Gasteiger partial charge in [0.05, 0.1) is 22.3 Å². The van der Waals surface area contributed by atoms with Gasteiger partial charge in [0.25, 0.3) is 0 Å². The summed E-state index contributed by atoms with van der Waals surface area (Å²) in [6.07, 6.45) is 3.65. The van der Waals surface area contributed by atoms with Crippen molar-refractivity contribution in [3.8, 4) is 17.7 Å². The maximum absolute atomic E-state index is 11.2. The number of benzene rings is 2. The van der Waals surface area contributed by atoms with E-state index < -0.39 is 0 Å². The molecule has 1 aliphatic rings. The number of rotatable bonds is 7. The van der Waals surface area contributed by atoms with E-state index in [4.69, 9.17) is 4.74 Å². The summed E-state index contributed by atoms with van der Waals surface area (Å²) in [5.74, 6) is 1.59. The number of nitrogens with one attached hydrogen (secondary N) is 2. The molecule has 1 aliphatic heterocycles. The Morgan fingerprint density at radius 3 is 2.47 bits per heavy atom. The van der Waals surface area contributed by atoms with Gasteiger partial charge in [-0.2, -0.15) is 10.2 Å². The zero-order valence-electron chi connectivity index (χ0n) is 20.6. The molecular weight excluding hydrogens is 520 g/mol. The summed E-state index contributed by atoms with van der Waals surface area (Å²) in [6.45, 7) is 8.16. The molecule has 2 N–H and O–H groups in total. The van der Waals surface area contributed by atoms with Crippen molar-refractivity contribution in [2.45, 2.75) is 46.2 Å². The van der Waals surface area contributed by atoms with Crippen LogP contribution in [-0.2, 0) is 11.3 Å². The second kappa shape index (κ2) is 11.5. The van der Waals surface area contributed by atoms with Crippen LogP contribution in [0.3, 0.4) is 0 Å². The van der Waals surface area contributed by atoms with Gasteiger partial charge < -0.3 is 15.4 Å². The molecule has 0 saturated carbocycles. The highest BCUT2D eigenvalue weighted by molar-refractivity contribution is 9.10. The number of anilines is 2. The number of piperidine rings is 1. The molecule has 0 unspecified atom stereocenters. The van der Waals surface area contributed by atoms with Crippen molar-refractivity contribution in [2.24, 2.45) is 0 Å². The minimum Gasteiger partial charge on any atom is -0.437 e. The molecule has 1 saturated heterocycles. The zero-order valence-corrected chi connectivity index (χ0v) is 22.2. The monoisotopic (exact) mass is 548 g/mol. The van der Waals surface area contributed by atoms with Crippen LogP contribution in [0.5, 0.6) is 11.6 Å². The molecule has 9 heteroatoms. The number of aromatic nitrogens is 2. The van der Waals surface area contributed by atoms with Gasteiger partial charge in [0.2, 0.25) is 17.7 Å². The van der Waals surface area contributed by atoms with Gasteiger partial charge in [-0.05, 0) is 83.6 Å². The number of nitrogens with zero attached hydrogens (tertiary/aromatic N) is 4. The Morgan fingerprint density at radius 1 is 1.19 bits per heavy atom. The maximum atomic E-state index is 11.2. The van der Waals surface area contributed by atoms with Crippen LogP contribution in [0, 0.1) is 25.2 Å². The topological polar surface area (TPSA) is 103 Å². The van der Waals surface area contributed by atoms with Crippen molar-refractivity contribution in [1.82, 2.24) is 14.9 Å². The molecule has 4 rings (SSSR count). The summed E-state index contributed by atoms with van der Waals surface area (Å²) in [5.41, 5.74) is 4.40. The van der Waals surface area contributed by atoms with Gasteiger partial charge in [-0.15, -0.1) is 0 Å². The van der Waals surface area contributed by atoms with Crippen molar-refractivity contribution in [3.05, 3.63) is 69.3 Å². The highest BCUT2D eigenvalue weighted by atomic mass is 79.9. The van der Waals surface area contributed by atoms with E-state index in [2.05, 4.69) is 59.6 Å². The van der Waals surface area contributed by atoms with E-state index in [-0.39, 0.29) is 11.9 Å². The Labute approximate surface area is 219 Å². The first kappa shape index (κ1) is 25.6. The van der Waals surface area contributed by atoms with Gasteiger partial charge in [0.1, 0.15) is 5.75 Å². The molecule has 0 bridgehead atoms. The van der Waals surface area contributed by atoms with Crippen LogP contribution in [0.4, 0.5) is 11.6 Å². The zero-order chi connectivity index (χ0) is 25.7. The van der Waals surface area contributed by atoms with E-state index in [1.807, 2.05) is 38.1 Å². The SMILES string of the molecule is CC(=O)Nc1ccc(CN2CCC(Nc3ncc(Br)c(Oc4c(C)cc(C#N)cc4C)n3)CC2)cc1. The van der Waals surface area contributed by atoms with E-state index in [0.717, 1.165) is 49.3 Å². The molecular formula is C27H29BrN6O2. The molecule has 2 heterocycles. The average molecular weight is 549 g/mol. The van der Waals surface area contributed by atoms with E-state index in [0.29, 0.717) is 27.6 Å². The number of carbonyl (C=O) groups excluding carboxylic acids is 1. The minimum atomic E-state index is -0.0646. The van der Waals surface area contributed by atoms with Crippen LogP contribution in [0.25, 0.3) is 0 Å². The predicted octanol–water partition coefficient (Wildman–Crippen LogP) is 5.55. The fraction of sp³-hybridized carbons (Fsp3) is 0.333. The van der Waals surface area contributed by atoms with E-state index in [9.17, 15) is 10.1 Å². The quantitative estimate of drug-likeness (QED) is 0.398. The van der Waals surface area contributed by atoms with Gasteiger partial charge in [0.15, 0.2) is 0 Å². The largest absolute Gasteiger partial charge is 0.437 e. The van der Waals surface area contributed by atoms with E-state index in [1.54, 1.807) is 6.20 Å². The summed E-state index contributed by atoms with van der Waals surface area (Å²) in [4.78, 5) is 22.6. The van der Waals surface area contributed by atoms with Crippen LogP contribution in [-0.4, -0.2) is 39.9 Å². The third kappa shape index (κ3) is 6.59. The molecule has 186 valence electrons. The Kier molecular flexibility index (Phi) is 8.18. The van der Waals surface area contributed by atoms with Crippen LogP contribution >= 0.6 is 15.9 Å². The Balaban J connectivity index is 1.33. The number of nitriles is 1. The van der Waals surface area contributed by atoms with Crippen LogP contribution in [0.15, 0.2) is 47.1 Å². The third-order valence-corrected chi connectivity index (χ3v) is 6.65. The second-order valence-electron chi connectivity index (χ2n) is 9.07. The number of hydrogen-bond acceptors (Lipinski definition) is 7. The minimum absolute atomic E-state index is 0.0646. The number of aryl methyl sites for hydroxylation is 2. The van der Waals surface area contributed by atoms with E-state index in [1.165, 1.54) is 12.5 Å². The first-order chi connectivity index (χ1) is 17.3. The summed E-state index contributed by atoms with van der Waals surface area (Å²) < 4.78 is 6.80. The standard InChI is InChI=1S/C27H29BrN6O2/c1-17-12-21(14-29)13-18(2)25(17)36-26-24(28)15-30-27(33-26)32-23-8-10-34(11-9-23)16-20-4-6-22(7-5-20)31-19(3)35/h4-7,12-13,15,23H,8-11,16H2,1-3H3,(H,31,35)(H,30,32,33). The van der Waals surface area contributed by atoms with Crippen LogP contribution < -0.4 is 15.4 Å². The average Bonchev–Trinajstić information content (AvgIpc) is 2.85. The number of amides is 1. The van der Waals surface area contributed by atoms with Crippen molar-refractivity contribution < 1.29 is 9.53 Å². The molecule has 3 aromatic rings. The molecule has 36 heavy (non-hydrogen) atoms. The Morgan fingerprint density at radius 2 is 1.86 bits per heavy atom. The van der Waals surface area contributed by atoms with Gasteiger partial charge in [-0.1, -0.05) is 12.1 Å². The highest BCUT2D eigenvalue weighted by Crippen LogP contribution is 2.33. The Hall–Kier alpha value is -3.48.